The first kappa shape index (κ1) is 25.7. The Bertz CT molecular complexity index is 1020. The van der Waals surface area contributed by atoms with Crippen LogP contribution >= 0.6 is 0 Å². The number of fused-ring (bicyclic) bond motifs is 1. The molecular formula is C25H39N7O2. The van der Waals surface area contributed by atoms with E-state index in [1.807, 2.05) is 18.3 Å². The fourth-order valence-electron chi connectivity index (χ4n) is 4.04. The van der Waals surface area contributed by atoms with Crippen LogP contribution in [-0.4, -0.2) is 84.0 Å². The number of unbranched alkanes of at least 4 members (excludes halogenated alkanes) is 1. The highest BCUT2D eigenvalue weighted by atomic mass is 16.5. The molecule has 0 aliphatic heterocycles. The molecule has 1 unspecified atom stereocenters. The van der Waals surface area contributed by atoms with Crippen LogP contribution in [0.3, 0.4) is 0 Å². The molecule has 0 saturated carbocycles. The van der Waals surface area contributed by atoms with Crippen molar-refractivity contribution in [2.24, 2.45) is 0 Å². The van der Waals surface area contributed by atoms with Crippen LogP contribution in [0.1, 0.15) is 49.3 Å². The first-order chi connectivity index (χ1) is 16.5. The fourth-order valence-corrected chi connectivity index (χ4v) is 4.04. The molecule has 3 aromatic rings. The molecule has 2 aromatic heterocycles. The van der Waals surface area contributed by atoms with Gasteiger partial charge in [0.2, 0.25) is 11.8 Å². The molecule has 0 saturated heterocycles. The Balaban J connectivity index is 1.62. The smallest absolute Gasteiger partial charge is 0.288 e. The number of carbonyl (C=O) groups is 1. The summed E-state index contributed by atoms with van der Waals surface area (Å²) >= 11 is 0. The van der Waals surface area contributed by atoms with Crippen LogP contribution in [0.15, 0.2) is 30.5 Å². The van der Waals surface area contributed by atoms with Crippen LogP contribution in [0.5, 0.6) is 0 Å². The van der Waals surface area contributed by atoms with E-state index in [9.17, 15) is 4.79 Å². The van der Waals surface area contributed by atoms with Gasteiger partial charge in [-0.25, -0.2) is 0 Å². The molecule has 186 valence electrons. The van der Waals surface area contributed by atoms with E-state index in [0.29, 0.717) is 12.6 Å². The second-order valence-corrected chi connectivity index (χ2v) is 8.74. The summed E-state index contributed by atoms with van der Waals surface area (Å²) in [4.78, 5) is 25.1. The van der Waals surface area contributed by atoms with Gasteiger partial charge in [0.1, 0.15) is 0 Å². The molecule has 9 nitrogen and oxygen atoms in total. The van der Waals surface area contributed by atoms with Crippen LogP contribution in [0.25, 0.3) is 10.9 Å². The Morgan fingerprint density at radius 3 is 2.79 bits per heavy atom. The van der Waals surface area contributed by atoms with E-state index in [-0.39, 0.29) is 17.8 Å². The summed E-state index contributed by atoms with van der Waals surface area (Å²) in [6, 6.07) is 8.29. The number of hydrogen-bond donors (Lipinski definition) is 3. The minimum atomic E-state index is -0.215. The molecule has 0 fully saturated rings. The van der Waals surface area contributed by atoms with Crippen molar-refractivity contribution in [1.82, 2.24) is 30.4 Å². The average molecular weight is 470 g/mol. The van der Waals surface area contributed by atoms with Gasteiger partial charge >= 0.3 is 0 Å². The summed E-state index contributed by atoms with van der Waals surface area (Å²) in [7, 11) is 3.77. The van der Waals surface area contributed by atoms with Gasteiger partial charge in [-0.2, -0.15) is 4.98 Å². The third kappa shape index (κ3) is 7.04. The minimum absolute atomic E-state index is 0.0249. The number of anilines is 1. The Kier molecular flexibility index (Phi) is 9.90. The highest BCUT2D eigenvalue weighted by Gasteiger charge is 2.20. The SMILES string of the molecule is CCCCC(Cc1c[nH]c2ccccc12)NC(=O)c1nc(N(CC)CCN(C)CCOC)n[nH]1. The minimum Gasteiger partial charge on any atom is -0.383 e. The molecule has 1 amide bonds. The van der Waals surface area contributed by atoms with E-state index in [4.69, 9.17) is 4.74 Å². The maximum atomic E-state index is 13.0. The van der Waals surface area contributed by atoms with Crippen molar-refractivity contribution in [2.45, 2.75) is 45.6 Å². The van der Waals surface area contributed by atoms with E-state index in [0.717, 1.165) is 57.4 Å². The number of nitrogens with zero attached hydrogens (tertiary/aromatic N) is 4. The molecule has 2 heterocycles. The molecule has 1 atom stereocenters. The van der Waals surface area contributed by atoms with E-state index in [2.05, 4.69) is 68.3 Å². The van der Waals surface area contributed by atoms with Gasteiger partial charge in [0.25, 0.3) is 5.91 Å². The molecule has 3 rings (SSSR count). The Labute approximate surface area is 202 Å². The van der Waals surface area contributed by atoms with Crippen molar-refractivity contribution in [3.8, 4) is 0 Å². The normalized spacial score (nSPS) is 12.4. The topological polar surface area (TPSA) is 102 Å². The van der Waals surface area contributed by atoms with Crippen LogP contribution in [0, 0.1) is 0 Å². The third-order valence-corrected chi connectivity index (χ3v) is 6.16. The first-order valence-electron chi connectivity index (χ1n) is 12.3. The molecule has 9 heteroatoms. The number of methoxy groups -OCH3 is 1. The van der Waals surface area contributed by atoms with Gasteiger partial charge in [-0.05, 0) is 38.4 Å². The zero-order valence-corrected chi connectivity index (χ0v) is 20.9. The molecule has 0 spiro atoms. The molecular weight excluding hydrogens is 430 g/mol. The second kappa shape index (κ2) is 13.1. The number of amides is 1. The number of likely N-dealkylation sites (N-methyl/N-ethyl adjacent to an activating group) is 2. The molecule has 0 bridgehead atoms. The predicted molar refractivity (Wildman–Crippen MR) is 136 cm³/mol. The van der Waals surface area contributed by atoms with Gasteiger partial charge in [0.15, 0.2) is 0 Å². The fraction of sp³-hybridized carbons (Fsp3) is 0.560. The van der Waals surface area contributed by atoms with Gasteiger partial charge in [-0.3, -0.25) is 9.89 Å². The standard InChI is InChI=1S/C25H39N7O2/c1-5-7-10-20(17-19-18-26-22-12-9-8-11-21(19)22)27-24(33)23-28-25(30-29-23)32(6-2)14-13-31(3)15-16-34-4/h8-9,11-12,18,20,26H,5-7,10,13-17H2,1-4H3,(H,27,33)(H,28,29,30). The van der Waals surface area contributed by atoms with Gasteiger partial charge in [-0.15, -0.1) is 5.10 Å². The quantitative estimate of drug-likeness (QED) is 0.316. The molecule has 0 aliphatic carbocycles. The number of rotatable bonds is 15. The Hall–Kier alpha value is -2.91. The summed E-state index contributed by atoms with van der Waals surface area (Å²) in [5.41, 5.74) is 2.33. The van der Waals surface area contributed by atoms with Crippen LogP contribution in [0.4, 0.5) is 5.95 Å². The zero-order valence-electron chi connectivity index (χ0n) is 20.9. The summed E-state index contributed by atoms with van der Waals surface area (Å²) in [6.07, 6.45) is 5.86. The van der Waals surface area contributed by atoms with Gasteiger partial charge < -0.3 is 24.8 Å². The summed E-state index contributed by atoms with van der Waals surface area (Å²) in [5, 5.41) is 11.5. The van der Waals surface area contributed by atoms with E-state index >= 15 is 0 Å². The van der Waals surface area contributed by atoms with Gasteiger partial charge in [0.05, 0.1) is 6.61 Å². The maximum Gasteiger partial charge on any atom is 0.288 e. The Morgan fingerprint density at radius 2 is 2.03 bits per heavy atom. The molecule has 1 aromatic carbocycles. The lowest BCUT2D eigenvalue weighted by atomic mass is 10.0. The number of aromatic nitrogens is 4. The van der Waals surface area contributed by atoms with Gasteiger partial charge in [-0.1, -0.05) is 38.0 Å². The van der Waals surface area contributed by atoms with Crippen molar-refractivity contribution < 1.29 is 9.53 Å². The monoisotopic (exact) mass is 469 g/mol. The number of ether oxygens (including phenoxy) is 1. The van der Waals surface area contributed by atoms with Crippen molar-refractivity contribution in [3.05, 3.63) is 41.9 Å². The second-order valence-electron chi connectivity index (χ2n) is 8.74. The lowest BCUT2D eigenvalue weighted by Gasteiger charge is -2.23. The Morgan fingerprint density at radius 1 is 1.21 bits per heavy atom. The van der Waals surface area contributed by atoms with E-state index in [1.165, 1.54) is 10.9 Å². The summed E-state index contributed by atoms with van der Waals surface area (Å²) < 4.78 is 5.14. The molecule has 3 N–H and O–H groups in total. The average Bonchev–Trinajstić information content (AvgIpc) is 3.49. The number of benzene rings is 1. The summed E-state index contributed by atoms with van der Waals surface area (Å²) in [5.74, 6) is 0.587. The number of nitrogens with one attached hydrogen (secondary N) is 3. The summed E-state index contributed by atoms with van der Waals surface area (Å²) in [6.45, 7) is 8.19. The number of aromatic amines is 2. The lowest BCUT2D eigenvalue weighted by Crippen LogP contribution is -2.37. The van der Waals surface area contributed by atoms with Crippen molar-refractivity contribution in [1.29, 1.82) is 0 Å². The molecule has 34 heavy (non-hydrogen) atoms. The first-order valence-corrected chi connectivity index (χ1v) is 12.3. The number of H-pyrrole nitrogens is 2. The largest absolute Gasteiger partial charge is 0.383 e. The lowest BCUT2D eigenvalue weighted by molar-refractivity contribution is 0.0924. The number of hydrogen-bond acceptors (Lipinski definition) is 6. The highest BCUT2D eigenvalue weighted by molar-refractivity contribution is 5.91. The van der Waals surface area contributed by atoms with E-state index < -0.39 is 0 Å². The van der Waals surface area contributed by atoms with Crippen LogP contribution in [0.2, 0.25) is 0 Å². The van der Waals surface area contributed by atoms with Crippen molar-refractivity contribution in [3.63, 3.8) is 0 Å². The van der Waals surface area contributed by atoms with Gasteiger partial charge in [0, 0.05) is 56.4 Å². The van der Waals surface area contributed by atoms with Crippen molar-refractivity contribution >= 4 is 22.8 Å². The zero-order chi connectivity index (χ0) is 24.3. The molecule has 0 aliphatic rings. The van der Waals surface area contributed by atoms with Crippen LogP contribution < -0.4 is 10.2 Å². The molecule has 0 radical (unpaired) electrons. The van der Waals surface area contributed by atoms with Crippen LogP contribution in [-0.2, 0) is 11.2 Å². The highest BCUT2D eigenvalue weighted by Crippen LogP contribution is 2.20. The van der Waals surface area contributed by atoms with E-state index in [1.54, 1.807) is 7.11 Å². The number of carbonyl (C=O) groups excluding carboxylic acids is 1. The maximum absolute atomic E-state index is 13.0. The number of para-hydroxylation sites is 1. The third-order valence-electron chi connectivity index (χ3n) is 6.16. The van der Waals surface area contributed by atoms with Crippen molar-refractivity contribution in [2.75, 3.05) is 51.8 Å². The predicted octanol–water partition coefficient (Wildman–Crippen LogP) is 3.22.